The SMILES string of the molecule is O=C(O)c1ccc2nc(CN3CCC(Oc4cccc(COc5ccc(Cl)cc5F)n4)CC3)n(CC3=CN=CC3)c2c1. The number of pyridine rings is 1. The summed E-state index contributed by atoms with van der Waals surface area (Å²) >= 11 is 5.81. The number of halogens is 2. The van der Waals surface area contributed by atoms with Crippen molar-refractivity contribution in [3.63, 3.8) is 0 Å². The summed E-state index contributed by atoms with van der Waals surface area (Å²) in [5.74, 6) is 0.0380. The van der Waals surface area contributed by atoms with Crippen LogP contribution in [-0.4, -0.2) is 55.9 Å². The van der Waals surface area contributed by atoms with Gasteiger partial charge in [-0.05, 0) is 60.9 Å². The zero-order valence-corrected chi connectivity index (χ0v) is 23.5. The second kappa shape index (κ2) is 12.3. The van der Waals surface area contributed by atoms with E-state index >= 15 is 0 Å². The summed E-state index contributed by atoms with van der Waals surface area (Å²) in [4.78, 5) is 27.6. The number of nitrogens with zero attached hydrogens (tertiary/aromatic N) is 5. The third-order valence-corrected chi connectivity index (χ3v) is 7.62. The number of likely N-dealkylation sites (tertiary alicyclic amines) is 1. The average molecular weight is 590 g/mol. The Morgan fingerprint density at radius 3 is 2.69 bits per heavy atom. The lowest BCUT2D eigenvalue weighted by Gasteiger charge is -2.31. The number of piperidine rings is 1. The molecule has 0 aliphatic carbocycles. The van der Waals surface area contributed by atoms with Gasteiger partial charge in [0.15, 0.2) is 11.6 Å². The van der Waals surface area contributed by atoms with E-state index in [-0.39, 0.29) is 24.0 Å². The number of aromatic nitrogens is 3. The fourth-order valence-electron chi connectivity index (χ4n) is 5.20. The Labute approximate surface area is 246 Å². The molecule has 2 aliphatic heterocycles. The lowest BCUT2D eigenvalue weighted by atomic mass is 10.1. The lowest BCUT2D eigenvalue weighted by Crippen LogP contribution is -2.38. The molecule has 4 aromatic rings. The van der Waals surface area contributed by atoms with Crippen LogP contribution in [-0.2, 0) is 19.7 Å². The molecule has 42 heavy (non-hydrogen) atoms. The van der Waals surface area contributed by atoms with E-state index in [2.05, 4.69) is 19.4 Å². The van der Waals surface area contributed by atoms with E-state index in [1.165, 1.54) is 12.1 Å². The normalized spacial score (nSPS) is 15.7. The van der Waals surface area contributed by atoms with E-state index < -0.39 is 11.8 Å². The Morgan fingerprint density at radius 1 is 1.07 bits per heavy atom. The fraction of sp³-hybridized carbons (Fsp3) is 0.290. The van der Waals surface area contributed by atoms with E-state index in [0.717, 1.165) is 54.8 Å². The molecular weight excluding hydrogens is 561 g/mol. The predicted octanol–water partition coefficient (Wildman–Crippen LogP) is 5.90. The molecule has 0 atom stereocenters. The van der Waals surface area contributed by atoms with Crippen LogP contribution < -0.4 is 9.47 Å². The van der Waals surface area contributed by atoms with Crippen LogP contribution in [0.2, 0.25) is 5.02 Å². The summed E-state index contributed by atoms with van der Waals surface area (Å²) in [6.45, 7) is 3.00. The molecule has 2 aliphatic rings. The maximum Gasteiger partial charge on any atom is 0.335 e. The zero-order chi connectivity index (χ0) is 29.1. The van der Waals surface area contributed by atoms with Crippen LogP contribution in [0.15, 0.2) is 71.4 Å². The molecule has 0 amide bonds. The summed E-state index contributed by atoms with van der Waals surface area (Å²) in [7, 11) is 0. The topological polar surface area (TPSA) is 102 Å². The van der Waals surface area contributed by atoms with Gasteiger partial charge in [0.25, 0.3) is 0 Å². The van der Waals surface area contributed by atoms with Crippen molar-refractivity contribution in [2.75, 3.05) is 13.1 Å². The highest BCUT2D eigenvalue weighted by Gasteiger charge is 2.24. The molecule has 0 saturated carbocycles. The highest BCUT2D eigenvalue weighted by molar-refractivity contribution is 6.30. The maximum atomic E-state index is 14.0. The number of carbonyl (C=O) groups is 1. The van der Waals surface area contributed by atoms with Gasteiger partial charge < -0.3 is 19.1 Å². The molecule has 11 heteroatoms. The number of ether oxygens (including phenoxy) is 2. The van der Waals surface area contributed by atoms with Gasteiger partial charge >= 0.3 is 5.97 Å². The number of hydrogen-bond donors (Lipinski definition) is 1. The van der Waals surface area contributed by atoms with Crippen molar-refractivity contribution >= 4 is 34.8 Å². The van der Waals surface area contributed by atoms with E-state index in [9.17, 15) is 14.3 Å². The number of imidazole rings is 1. The van der Waals surface area contributed by atoms with Gasteiger partial charge in [0, 0.05) is 49.6 Å². The standard InChI is InChI=1S/C31H29ClFN5O4/c32-22-5-7-28(25(33)15-22)41-19-23-2-1-3-30(35-23)42-24-9-12-37(13-10-24)18-29-36-26-6-4-21(31(39)40)14-27(26)38(29)17-20-8-11-34-16-20/h1-7,11,14-16,24H,8-10,12-13,17-19H2,(H,39,40). The number of aromatic carboxylic acids is 1. The Kier molecular flexibility index (Phi) is 8.16. The van der Waals surface area contributed by atoms with E-state index in [4.69, 9.17) is 26.1 Å². The Morgan fingerprint density at radius 2 is 1.93 bits per heavy atom. The van der Waals surface area contributed by atoms with Gasteiger partial charge in [-0.15, -0.1) is 0 Å². The first-order valence-electron chi connectivity index (χ1n) is 13.8. The van der Waals surface area contributed by atoms with Crippen molar-refractivity contribution in [1.82, 2.24) is 19.4 Å². The summed E-state index contributed by atoms with van der Waals surface area (Å²) in [6.07, 6.45) is 6.17. The second-order valence-electron chi connectivity index (χ2n) is 10.4. The molecule has 0 unspecified atom stereocenters. The number of hydrogen-bond acceptors (Lipinski definition) is 7. The molecule has 1 N–H and O–H groups in total. The number of carboxylic acid groups (broad SMARTS) is 1. The van der Waals surface area contributed by atoms with Gasteiger partial charge in [0.1, 0.15) is 18.5 Å². The highest BCUT2D eigenvalue weighted by Crippen LogP contribution is 2.25. The first-order valence-corrected chi connectivity index (χ1v) is 14.1. The number of rotatable bonds is 10. The van der Waals surface area contributed by atoms with Crippen LogP contribution in [0.4, 0.5) is 4.39 Å². The van der Waals surface area contributed by atoms with E-state index in [1.807, 2.05) is 30.6 Å². The van der Waals surface area contributed by atoms with Gasteiger partial charge in [-0.1, -0.05) is 17.7 Å². The quantitative estimate of drug-likeness (QED) is 0.246. The molecule has 1 fully saturated rings. The van der Waals surface area contributed by atoms with Crippen molar-refractivity contribution in [3.05, 3.63) is 94.3 Å². The van der Waals surface area contributed by atoms with Crippen LogP contribution in [0.5, 0.6) is 11.6 Å². The summed E-state index contributed by atoms with van der Waals surface area (Å²) in [5, 5.41) is 9.83. The van der Waals surface area contributed by atoms with Crippen LogP contribution >= 0.6 is 11.6 Å². The minimum absolute atomic E-state index is 0.0105. The molecule has 1 saturated heterocycles. The first-order chi connectivity index (χ1) is 20.4. The molecular formula is C31H29ClFN5O4. The van der Waals surface area contributed by atoms with Crippen molar-refractivity contribution in [3.8, 4) is 11.6 Å². The van der Waals surface area contributed by atoms with Gasteiger partial charge in [0.2, 0.25) is 5.88 Å². The summed E-state index contributed by atoms with van der Waals surface area (Å²) < 4.78 is 27.9. The summed E-state index contributed by atoms with van der Waals surface area (Å²) in [5.41, 5.74) is 3.62. The Balaban J connectivity index is 1.08. The predicted molar refractivity (Wildman–Crippen MR) is 157 cm³/mol. The lowest BCUT2D eigenvalue weighted by molar-refractivity contribution is 0.0697. The van der Waals surface area contributed by atoms with Crippen molar-refractivity contribution in [2.45, 2.75) is 45.1 Å². The third kappa shape index (κ3) is 6.45. The number of carboxylic acids is 1. The number of allylic oxidation sites excluding steroid dienone is 1. The third-order valence-electron chi connectivity index (χ3n) is 7.39. The molecule has 6 rings (SSSR count). The van der Waals surface area contributed by atoms with E-state index in [0.29, 0.717) is 29.7 Å². The largest absolute Gasteiger partial charge is 0.484 e. The molecule has 0 radical (unpaired) electrons. The molecule has 9 nitrogen and oxygen atoms in total. The van der Waals surface area contributed by atoms with E-state index in [1.54, 1.807) is 24.3 Å². The number of aliphatic imine (C=N–C) groups is 1. The smallest absolute Gasteiger partial charge is 0.335 e. The molecule has 0 spiro atoms. The monoisotopic (exact) mass is 589 g/mol. The minimum atomic E-state index is -0.959. The number of benzene rings is 2. The molecule has 216 valence electrons. The average Bonchev–Trinajstić information content (AvgIpc) is 3.62. The van der Waals surface area contributed by atoms with Gasteiger partial charge in [-0.3, -0.25) is 9.89 Å². The van der Waals surface area contributed by atoms with Gasteiger partial charge in [-0.2, -0.15) is 0 Å². The molecule has 0 bridgehead atoms. The van der Waals surface area contributed by atoms with Crippen molar-refractivity contribution in [2.24, 2.45) is 4.99 Å². The fourth-order valence-corrected chi connectivity index (χ4v) is 5.35. The zero-order valence-electron chi connectivity index (χ0n) is 22.7. The van der Waals surface area contributed by atoms with Gasteiger partial charge in [-0.25, -0.2) is 19.2 Å². The Bertz CT molecular complexity index is 1680. The van der Waals surface area contributed by atoms with Crippen LogP contribution in [0.1, 0.15) is 41.1 Å². The van der Waals surface area contributed by atoms with Crippen LogP contribution in [0.3, 0.4) is 0 Å². The Hall–Kier alpha value is -4.28. The molecule has 2 aromatic carbocycles. The number of fused-ring (bicyclic) bond motifs is 1. The minimum Gasteiger partial charge on any atom is -0.484 e. The first kappa shape index (κ1) is 27.9. The van der Waals surface area contributed by atoms with Crippen molar-refractivity contribution < 1.29 is 23.8 Å². The highest BCUT2D eigenvalue weighted by atomic mass is 35.5. The summed E-state index contributed by atoms with van der Waals surface area (Å²) in [6, 6.07) is 14.8. The van der Waals surface area contributed by atoms with Crippen LogP contribution in [0.25, 0.3) is 11.0 Å². The molecule has 4 heterocycles. The second-order valence-corrected chi connectivity index (χ2v) is 10.8. The maximum absolute atomic E-state index is 14.0. The van der Waals surface area contributed by atoms with Gasteiger partial charge in [0.05, 0.1) is 28.8 Å². The molecule has 2 aromatic heterocycles. The van der Waals surface area contributed by atoms with Crippen molar-refractivity contribution in [1.29, 1.82) is 0 Å². The van der Waals surface area contributed by atoms with Crippen LogP contribution in [0, 0.1) is 5.82 Å².